The molecule has 0 aliphatic heterocycles. The monoisotopic (exact) mass is 259 g/mol. The van der Waals surface area contributed by atoms with Crippen molar-refractivity contribution in [1.82, 2.24) is 5.32 Å². The van der Waals surface area contributed by atoms with Gasteiger partial charge in [-0.1, -0.05) is 27.2 Å². The van der Waals surface area contributed by atoms with Crippen LogP contribution in [0.4, 0.5) is 0 Å². The Balaban J connectivity index is 4.04. The summed E-state index contributed by atoms with van der Waals surface area (Å²) < 4.78 is 5.17. The average Bonchev–Trinajstić information content (AvgIpc) is 2.36. The Morgan fingerprint density at radius 3 is 2.28 bits per heavy atom. The lowest BCUT2D eigenvalue weighted by Crippen LogP contribution is -2.43. The number of amides is 1. The third-order valence-electron chi connectivity index (χ3n) is 3.31. The van der Waals surface area contributed by atoms with Crippen molar-refractivity contribution in [1.29, 1.82) is 0 Å². The fourth-order valence-electron chi connectivity index (χ4n) is 1.61. The Kier molecular flexibility index (Phi) is 8.37. The molecule has 0 fully saturated rings. The molecule has 0 heterocycles. The van der Waals surface area contributed by atoms with Crippen LogP contribution in [0.1, 0.15) is 46.5 Å². The van der Waals surface area contributed by atoms with Crippen molar-refractivity contribution in [3.05, 3.63) is 0 Å². The third-order valence-corrected chi connectivity index (χ3v) is 3.31. The van der Waals surface area contributed by atoms with Crippen molar-refractivity contribution in [2.24, 2.45) is 5.41 Å². The summed E-state index contributed by atoms with van der Waals surface area (Å²) >= 11 is 0. The van der Waals surface area contributed by atoms with E-state index in [0.717, 1.165) is 12.8 Å². The molecular weight excluding hydrogens is 234 g/mol. The van der Waals surface area contributed by atoms with Crippen LogP contribution in [0.3, 0.4) is 0 Å². The molecule has 0 saturated heterocycles. The first kappa shape index (κ1) is 16.9. The Bertz CT molecular complexity index is 262. The van der Waals surface area contributed by atoms with Gasteiger partial charge in [0, 0.05) is 13.2 Å². The van der Waals surface area contributed by atoms with E-state index in [1.165, 1.54) is 0 Å². The topological polar surface area (TPSA) is 75.6 Å². The van der Waals surface area contributed by atoms with Gasteiger partial charge < -0.3 is 15.2 Å². The minimum absolute atomic E-state index is 0.00310. The van der Waals surface area contributed by atoms with Crippen LogP contribution in [0.2, 0.25) is 0 Å². The van der Waals surface area contributed by atoms with E-state index in [1.807, 2.05) is 20.8 Å². The molecule has 106 valence electrons. The lowest BCUT2D eigenvalue weighted by molar-refractivity contribution is -0.149. The number of hydrogen-bond acceptors (Lipinski definition) is 3. The van der Waals surface area contributed by atoms with Gasteiger partial charge in [-0.05, 0) is 19.3 Å². The molecule has 1 amide bonds. The molecule has 2 N–H and O–H groups in total. The largest absolute Gasteiger partial charge is 0.481 e. The maximum atomic E-state index is 11.5. The number of nitrogens with one attached hydrogen (secondary N) is 1. The van der Waals surface area contributed by atoms with Crippen molar-refractivity contribution >= 4 is 11.9 Å². The highest BCUT2D eigenvalue weighted by Crippen LogP contribution is 2.25. The number of hydrogen-bond donors (Lipinski definition) is 2. The van der Waals surface area contributed by atoms with E-state index in [0.29, 0.717) is 19.4 Å². The minimum atomic E-state index is -0.862. The van der Waals surface area contributed by atoms with Crippen LogP contribution < -0.4 is 5.32 Å². The van der Waals surface area contributed by atoms with Crippen molar-refractivity contribution in [2.45, 2.75) is 46.5 Å². The van der Waals surface area contributed by atoms with Crippen molar-refractivity contribution in [3.8, 4) is 0 Å². The molecule has 0 rings (SSSR count). The van der Waals surface area contributed by atoms with E-state index in [2.05, 4.69) is 5.32 Å². The fraction of sp³-hybridized carbons (Fsp3) is 0.846. The van der Waals surface area contributed by atoms with Crippen LogP contribution in [0.5, 0.6) is 0 Å². The molecule has 0 aromatic heterocycles. The molecule has 0 aromatic rings. The summed E-state index contributed by atoms with van der Waals surface area (Å²) in [6.07, 6.45) is 2.94. The van der Waals surface area contributed by atoms with Gasteiger partial charge in [-0.15, -0.1) is 0 Å². The highest BCUT2D eigenvalue weighted by molar-refractivity contribution is 5.79. The number of ether oxygens (including phenoxy) is 1. The first-order valence-corrected chi connectivity index (χ1v) is 6.60. The van der Waals surface area contributed by atoms with E-state index in [1.54, 1.807) is 0 Å². The summed E-state index contributed by atoms with van der Waals surface area (Å²) in [4.78, 5) is 22.7. The SMILES string of the molecule is CCCCOCC(=O)NCC(CC)(CC)C(=O)O. The zero-order valence-corrected chi connectivity index (χ0v) is 11.6. The van der Waals surface area contributed by atoms with E-state index in [4.69, 9.17) is 4.74 Å². The van der Waals surface area contributed by atoms with Gasteiger partial charge in [0.2, 0.25) is 5.91 Å². The van der Waals surface area contributed by atoms with Crippen molar-refractivity contribution in [2.75, 3.05) is 19.8 Å². The number of rotatable bonds is 10. The van der Waals surface area contributed by atoms with Crippen LogP contribution in [0, 0.1) is 5.41 Å². The number of aliphatic carboxylic acids is 1. The van der Waals surface area contributed by atoms with Gasteiger partial charge in [-0.25, -0.2) is 0 Å². The molecule has 0 bridgehead atoms. The van der Waals surface area contributed by atoms with E-state index >= 15 is 0 Å². The van der Waals surface area contributed by atoms with Gasteiger partial charge in [-0.2, -0.15) is 0 Å². The van der Waals surface area contributed by atoms with Gasteiger partial charge in [0.1, 0.15) is 6.61 Å². The van der Waals surface area contributed by atoms with Crippen LogP contribution >= 0.6 is 0 Å². The lowest BCUT2D eigenvalue weighted by atomic mass is 9.82. The molecule has 18 heavy (non-hydrogen) atoms. The smallest absolute Gasteiger partial charge is 0.311 e. The first-order chi connectivity index (χ1) is 8.52. The molecule has 5 heteroatoms. The summed E-state index contributed by atoms with van der Waals surface area (Å²) in [5.41, 5.74) is -0.862. The predicted octanol–water partition coefficient (Wildman–Crippen LogP) is 1.81. The van der Waals surface area contributed by atoms with Gasteiger partial charge in [-0.3, -0.25) is 9.59 Å². The van der Waals surface area contributed by atoms with E-state index < -0.39 is 11.4 Å². The number of carboxylic acid groups (broad SMARTS) is 1. The van der Waals surface area contributed by atoms with Crippen LogP contribution in [0.15, 0.2) is 0 Å². The number of carboxylic acids is 1. The summed E-state index contributed by atoms with van der Waals surface area (Å²) in [5.74, 6) is -1.11. The molecule has 0 unspecified atom stereocenters. The highest BCUT2D eigenvalue weighted by atomic mass is 16.5. The number of unbranched alkanes of at least 4 members (excludes halogenated alkanes) is 1. The quantitative estimate of drug-likeness (QED) is 0.587. The first-order valence-electron chi connectivity index (χ1n) is 6.60. The molecule has 0 aliphatic rings. The molecule has 0 saturated carbocycles. The standard InChI is InChI=1S/C13H25NO4/c1-4-7-8-18-9-11(15)14-10-13(5-2,6-3)12(16)17/h4-10H2,1-3H3,(H,14,15)(H,16,17). The minimum Gasteiger partial charge on any atom is -0.481 e. The second-order valence-electron chi connectivity index (χ2n) is 4.48. The summed E-state index contributed by atoms with van der Waals surface area (Å²) in [7, 11) is 0. The Hall–Kier alpha value is -1.10. The van der Waals surface area contributed by atoms with Gasteiger partial charge in [0.15, 0.2) is 0 Å². The highest BCUT2D eigenvalue weighted by Gasteiger charge is 2.34. The Morgan fingerprint density at radius 2 is 1.83 bits per heavy atom. The maximum absolute atomic E-state index is 11.5. The lowest BCUT2D eigenvalue weighted by Gasteiger charge is -2.26. The number of carbonyl (C=O) groups is 2. The zero-order valence-electron chi connectivity index (χ0n) is 11.6. The average molecular weight is 259 g/mol. The number of carbonyl (C=O) groups excluding carboxylic acids is 1. The Morgan fingerprint density at radius 1 is 1.22 bits per heavy atom. The van der Waals surface area contributed by atoms with Crippen molar-refractivity contribution in [3.63, 3.8) is 0 Å². The summed E-state index contributed by atoms with van der Waals surface area (Å²) in [5, 5.41) is 11.8. The third kappa shape index (κ3) is 5.49. The zero-order chi connectivity index (χ0) is 14.0. The van der Waals surface area contributed by atoms with Gasteiger partial charge >= 0.3 is 5.97 Å². The van der Waals surface area contributed by atoms with E-state index in [-0.39, 0.29) is 19.1 Å². The molecule has 0 aromatic carbocycles. The van der Waals surface area contributed by atoms with Crippen LogP contribution in [-0.2, 0) is 14.3 Å². The van der Waals surface area contributed by atoms with Crippen molar-refractivity contribution < 1.29 is 19.4 Å². The summed E-state index contributed by atoms with van der Waals surface area (Å²) in [6, 6.07) is 0. The molecule has 0 radical (unpaired) electrons. The molecule has 0 atom stereocenters. The maximum Gasteiger partial charge on any atom is 0.311 e. The molecule has 5 nitrogen and oxygen atoms in total. The van der Waals surface area contributed by atoms with E-state index in [9.17, 15) is 14.7 Å². The van der Waals surface area contributed by atoms with Crippen LogP contribution in [-0.4, -0.2) is 36.7 Å². The fourth-order valence-corrected chi connectivity index (χ4v) is 1.61. The summed E-state index contributed by atoms with van der Waals surface area (Å²) in [6.45, 7) is 6.42. The second-order valence-corrected chi connectivity index (χ2v) is 4.48. The molecule has 0 spiro atoms. The molecular formula is C13H25NO4. The second kappa shape index (κ2) is 8.91. The van der Waals surface area contributed by atoms with Gasteiger partial charge in [0.25, 0.3) is 0 Å². The Labute approximate surface area is 109 Å². The van der Waals surface area contributed by atoms with Crippen LogP contribution in [0.25, 0.3) is 0 Å². The molecule has 0 aliphatic carbocycles. The normalized spacial score (nSPS) is 11.3. The van der Waals surface area contributed by atoms with Gasteiger partial charge in [0.05, 0.1) is 5.41 Å². The predicted molar refractivity (Wildman–Crippen MR) is 69.4 cm³/mol.